The molecule has 1 aliphatic heterocycles. The van der Waals surface area contributed by atoms with Crippen molar-refractivity contribution in [3.63, 3.8) is 0 Å². The fourth-order valence-electron chi connectivity index (χ4n) is 3.42. The van der Waals surface area contributed by atoms with E-state index in [1.54, 1.807) is 17.0 Å². The lowest BCUT2D eigenvalue weighted by molar-refractivity contribution is -0.132. The number of amides is 2. The number of hydrogen-bond acceptors (Lipinski definition) is 5. The summed E-state index contributed by atoms with van der Waals surface area (Å²) in [7, 11) is 0. The quantitative estimate of drug-likeness (QED) is 0.502. The smallest absolute Gasteiger partial charge is 0.289 e. The van der Waals surface area contributed by atoms with Crippen molar-refractivity contribution >= 4 is 29.3 Å². The number of anilines is 1. The maximum atomic E-state index is 13.4. The van der Waals surface area contributed by atoms with Crippen molar-refractivity contribution in [3.05, 3.63) is 84.3 Å². The first kappa shape index (κ1) is 20.1. The minimum absolute atomic E-state index is 0.0492. The van der Waals surface area contributed by atoms with Gasteiger partial charge in [-0.25, -0.2) is 0 Å². The summed E-state index contributed by atoms with van der Waals surface area (Å²) in [6.45, 7) is 1.96. The average molecular weight is 422 g/mol. The molecule has 1 saturated heterocycles. The van der Waals surface area contributed by atoms with E-state index in [-0.39, 0.29) is 17.1 Å². The van der Waals surface area contributed by atoms with Crippen LogP contribution in [0.1, 0.15) is 21.4 Å². The topological polar surface area (TPSA) is 79.8 Å². The molecule has 0 spiro atoms. The second-order valence-corrected chi connectivity index (χ2v) is 8.25. The Morgan fingerprint density at radius 2 is 1.53 bits per heavy atom. The molecule has 1 aliphatic rings. The summed E-state index contributed by atoms with van der Waals surface area (Å²) in [5, 5.41) is -0.359. The highest BCUT2D eigenvalue weighted by molar-refractivity contribution is 8.00. The average Bonchev–Trinajstić information content (AvgIpc) is 3.33. The second-order valence-electron chi connectivity index (χ2n) is 7.07. The zero-order valence-corrected chi connectivity index (χ0v) is 17.3. The molecular weight excluding hydrogens is 398 g/mol. The summed E-state index contributed by atoms with van der Waals surface area (Å²) >= 11 is 1.52. The lowest BCUT2D eigenvalue weighted by Crippen LogP contribution is -2.51. The first-order valence-corrected chi connectivity index (χ1v) is 10.7. The summed E-state index contributed by atoms with van der Waals surface area (Å²) in [4.78, 5) is 30.5. The molecule has 0 aliphatic carbocycles. The zero-order valence-electron chi connectivity index (χ0n) is 16.4. The van der Waals surface area contributed by atoms with Crippen LogP contribution in [0.3, 0.4) is 0 Å². The van der Waals surface area contributed by atoms with Gasteiger partial charge in [0.25, 0.3) is 5.91 Å². The van der Waals surface area contributed by atoms with E-state index >= 15 is 0 Å². The molecule has 0 radical (unpaired) electrons. The van der Waals surface area contributed by atoms with Gasteiger partial charge in [-0.2, -0.15) is 0 Å². The third-order valence-electron chi connectivity index (χ3n) is 5.07. The Labute approximate surface area is 179 Å². The van der Waals surface area contributed by atoms with Crippen LogP contribution in [0, 0.1) is 0 Å². The molecule has 3 aromatic rings. The molecule has 2 heterocycles. The van der Waals surface area contributed by atoms with Crippen LogP contribution in [0.25, 0.3) is 0 Å². The van der Waals surface area contributed by atoms with Crippen molar-refractivity contribution in [1.82, 2.24) is 9.80 Å². The maximum Gasteiger partial charge on any atom is 0.289 e. The van der Waals surface area contributed by atoms with Crippen LogP contribution in [0.4, 0.5) is 5.69 Å². The summed E-state index contributed by atoms with van der Waals surface area (Å²) in [5.74, 6) is 0.243. The van der Waals surface area contributed by atoms with E-state index in [1.807, 2.05) is 59.5 Å². The standard InChI is InChI=1S/C23H23N3O3S/c24-18-8-10-19(11-9-18)30-21(17-5-2-1-3-6-17)23(28)26-14-12-25(13-15-26)22(27)20-7-4-16-29-20/h1-11,16,21H,12-15,24H2. The van der Waals surface area contributed by atoms with Gasteiger partial charge in [0.05, 0.1) is 6.26 Å². The molecule has 0 bridgehead atoms. The van der Waals surface area contributed by atoms with Crippen LogP contribution in [0.15, 0.2) is 82.3 Å². The minimum atomic E-state index is -0.359. The van der Waals surface area contributed by atoms with Gasteiger partial charge in [-0.1, -0.05) is 30.3 Å². The lowest BCUT2D eigenvalue weighted by Gasteiger charge is -2.36. The predicted molar refractivity (Wildman–Crippen MR) is 117 cm³/mol. The maximum absolute atomic E-state index is 13.4. The van der Waals surface area contributed by atoms with Crippen molar-refractivity contribution in [1.29, 1.82) is 0 Å². The number of furan rings is 1. The zero-order chi connectivity index (χ0) is 20.9. The van der Waals surface area contributed by atoms with Crippen LogP contribution in [0.5, 0.6) is 0 Å². The predicted octanol–water partition coefficient (Wildman–Crippen LogP) is 3.68. The third kappa shape index (κ3) is 4.52. The number of carbonyl (C=O) groups excluding carboxylic acids is 2. The molecule has 1 fully saturated rings. The van der Waals surface area contributed by atoms with Gasteiger partial charge in [0.1, 0.15) is 5.25 Å². The summed E-state index contributed by atoms with van der Waals surface area (Å²) in [6, 6.07) is 20.7. The van der Waals surface area contributed by atoms with Crippen molar-refractivity contribution in [3.8, 4) is 0 Å². The second kappa shape index (κ2) is 9.09. The van der Waals surface area contributed by atoms with Gasteiger partial charge in [-0.15, -0.1) is 11.8 Å². The van der Waals surface area contributed by atoms with Gasteiger partial charge >= 0.3 is 0 Å². The Hall–Kier alpha value is -3.19. The van der Waals surface area contributed by atoms with Crippen molar-refractivity contribution in [2.45, 2.75) is 10.1 Å². The summed E-state index contributed by atoms with van der Waals surface area (Å²) in [6.07, 6.45) is 1.49. The highest BCUT2D eigenvalue weighted by Gasteiger charge is 2.31. The van der Waals surface area contributed by atoms with Crippen LogP contribution in [-0.2, 0) is 4.79 Å². The van der Waals surface area contributed by atoms with Gasteiger partial charge in [-0.3, -0.25) is 9.59 Å². The highest BCUT2D eigenvalue weighted by atomic mass is 32.2. The van der Waals surface area contributed by atoms with Gasteiger partial charge in [0.15, 0.2) is 5.76 Å². The number of piperazine rings is 1. The number of thioether (sulfide) groups is 1. The molecule has 1 atom stereocenters. The lowest BCUT2D eigenvalue weighted by atomic mass is 10.1. The SMILES string of the molecule is Nc1ccc(SC(C(=O)N2CCN(C(=O)c3ccco3)CC2)c2ccccc2)cc1. The van der Waals surface area contributed by atoms with Gasteiger partial charge in [0.2, 0.25) is 5.91 Å². The Kier molecular flexibility index (Phi) is 6.09. The van der Waals surface area contributed by atoms with Crippen molar-refractivity contribution in [2.75, 3.05) is 31.9 Å². The molecule has 6 nitrogen and oxygen atoms in total. The molecule has 30 heavy (non-hydrogen) atoms. The number of nitrogens with zero attached hydrogens (tertiary/aromatic N) is 2. The first-order chi connectivity index (χ1) is 14.6. The number of benzene rings is 2. The van der Waals surface area contributed by atoms with E-state index < -0.39 is 0 Å². The Morgan fingerprint density at radius 3 is 2.17 bits per heavy atom. The molecule has 1 aromatic heterocycles. The molecule has 0 saturated carbocycles. The van der Waals surface area contributed by atoms with Crippen LogP contribution >= 0.6 is 11.8 Å². The number of nitrogens with two attached hydrogens (primary N) is 1. The summed E-state index contributed by atoms with van der Waals surface area (Å²) in [5.41, 5.74) is 7.45. The molecule has 1 unspecified atom stereocenters. The Bertz CT molecular complexity index is 982. The van der Waals surface area contributed by atoms with E-state index in [1.165, 1.54) is 18.0 Å². The molecule has 7 heteroatoms. The van der Waals surface area contributed by atoms with E-state index in [4.69, 9.17) is 10.2 Å². The van der Waals surface area contributed by atoms with E-state index in [0.717, 1.165) is 10.5 Å². The van der Waals surface area contributed by atoms with Gasteiger partial charge in [0, 0.05) is 36.8 Å². The van der Waals surface area contributed by atoms with Crippen LogP contribution in [0.2, 0.25) is 0 Å². The van der Waals surface area contributed by atoms with Crippen molar-refractivity contribution < 1.29 is 14.0 Å². The number of rotatable bonds is 5. The van der Waals surface area contributed by atoms with Gasteiger partial charge < -0.3 is 20.0 Å². The Balaban J connectivity index is 1.47. The largest absolute Gasteiger partial charge is 0.459 e. The fourth-order valence-corrected chi connectivity index (χ4v) is 4.53. The van der Waals surface area contributed by atoms with E-state index in [2.05, 4.69) is 0 Å². The molecular formula is C23H23N3O3S. The van der Waals surface area contributed by atoms with Gasteiger partial charge in [-0.05, 0) is 42.0 Å². The number of hydrogen-bond donors (Lipinski definition) is 1. The minimum Gasteiger partial charge on any atom is -0.459 e. The summed E-state index contributed by atoms with van der Waals surface area (Å²) < 4.78 is 5.21. The van der Waals surface area contributed by atoms with Crippen molar-refractivity contribution in [2.24, 2.45) is 0 Å². The molecule has 2 aromatic carbocycles. The first-order valence-electron chi connectivity index (χ1n) is 9.80. The van der Waals surface area contributed by atoms with E-state index in [9.17, 15) is 9.59 Å². The number of nitrogen functional groups attached to an aromatic ring is 1. The molecule has 2 N–H and O–H groups in total. The van der Waals surface area contributed by atoms with E-state index in [0.29, 0.717) is 37.6 Å². The van der Waals surface area contributed by atoms with Crippen LogP contribution < -0.4 is 5.73 Å². The van der Waals surface area contributed by atoms with Crippen LogP contribution in [-0.4, -0.2) is 47.8 Å². The molecule has 4 rings (SSSR count). The highest BCUT2D eigenvalue weighted by Crippen LogP contribution is 2.37. The Morgan fingerprint density at radius 1 is 0.867 bits per heavy atom. The number of carbonyl (C=O) groups is 2. The third-order valence-corrected chi connectivity index (χ3v) is 6.32. The fraction of sp³-hybridized carbons (Fsp3) is 0.217. The molecule has 154 valence electrons. The molecule has 2 amide bonds. The monoisotopic (exact) mass is 421 g/mol. The normalized spacial score (nSPS) is 15.1.